The van der Waals surface area contributed by atoms with Gasteiger partial charge in [0.05, 0.1) is 25.0 Å². The number of carbonyl (C=O) groups is 1. The smallest absolute Gasteiger partial charge is 0.255 e. The molecule has 0 aliphatic carbocycles. The number of rotatable bonds is 9. The molecule has 2 heterocycles. The molecule has 0 radical (unpaired) electrons. The third kappa shape index (κ3) is 6.17. The zero-order valence-electron chi connectivity index (χ0n) is 17.1. The van der Waals surface area contributed by atoms with Crippen LogP contribution < -0.4 is 14.8 Å². The molecule has 0 atom stereocenters. The summed E-state index contributed by atoms with van der Waals surface area (Å²) in [5.74, 6) is 1.05. The van der Waals surface area contributed by atoms with Crippen molar-refractivity contribution in [2.45, 2.75) is 25.5 Å². The summed E-state index contributed by atoms with van der Waals surface area (Å²) >= 11 is 0. The molecule has 0 spiro atoms. The van der Waals surface area contributed by atoms with Crippen molar-refractivity contribution in [3.05, 3.63) is 53.9 Å². The van der Waals surface area contributed by atoms with Gasteiger partial charge in [-0.1, -0.05) is 6.07 Å². The van der Waals surface area contributed by atoms with Gasteiger partial charge in [0.25, 0.3) is 5.91 Å². The summed E-state index contributed by atoms with van der Waals surface area (Å²) in [5, 5.41) is 2.85. The first-order valence-corrected chi connectivity index (χ1v) is 9.93. The van der Waals surface area contributed by atoms with E-state index in [2.05, 4.69) is 15.2 Å². The van der Waals surface area contributed by atoms with Crippen LogP contribution in [-0.2, 0) is 11.3 Å². The minimum Gasteiger partial charge on any atom is -0.497 e. The Morgan fingerprint density at radius 2 is 2.03 bits per heavy atom. The van der Waals surface area contributed by atoms with Gasteiger partial charge >= 0.3 is 0 Å². The number of likely N-dealkylation sites (tertiary alicyclic amines) is 1. The number of nitrogens with zero attached hydrogens (tertiary/aromatic N) is 2. The maximum atomic E-state index is 12.5. The fourth-order valence-electron chi connectivity index (χ4n) is 3.36. The predicted molar refractivity (Wildman–Crippen MR) is 110 cm³/mol. The lowest BCUT2D eigenvalue weighted by Crippen LogP contribution is -2.38. The zero-order chi connectivity index (χ0) is 20.5. The molecule has 1 fully saturated rings. The first-order valence-electron chi connectivity index (χ1n) is 9.93. The molecule has 1 aromatic heterocycles. The number of methoxy groups -OCH3 is 2. The normalized spacial score (nSPS) is 15.1. The van der Waals surface area contributed by atoms with E-state index in [4.69, 9.17) is 14.2 Å². The van der Waals surface area contributed by atoms with Crippen molar-refractivity contribution in [2.75, 3.05) is 40.5 Å². The fraction of sp³-hybridized carbons (Fsp3) is 0.455. The number of hydrogen-bond donors (Lipinski definition) is 1. The predicted octanol–water partition coefficient (Wildman–Crippen LogP) is 2.51. The van der Waals surface area contributed by atoms with E-state index < -0.39 is 0 Å². The van der Waals surface area contributed by atoms with Crippen molar-refractivity contribution in [2.24, 2.45) is 0 Å². The van der Waals surface area contributed by atoms with E-state index in [1.165, 1.54) is 0 Å². The van der Waals surface area contributed by atoms with Crippen LogP contribution in [0.5, 0.6) is 11.5 Å². The van der Waals surface area contributed by atoms with Gasteiger partial charge in [0.15, 0.2) is 0 Å². The molecule has 0 unspecified atom stereocenters. The van der Waals surface area contributed by atoms with Crippen LogP contribution in [0.1, 0.15) is 28.9 Å². The number of benzene rings is 1. The molecule has 1 aliphatic rings. The highest BCUT2D eigenvalue weighted by atomic mass is 16.5. The van der Waals surface area contributed by atoms with Crippen LogP contribution in [0.25, 0.3) is 0 Å². The molecule has 1 saturated heterocycles. The molecular weight excluding hydrogens is 370 g/mol. The van der Waals surface area contributed by atoms with Gasteiger partial charge in [-0.3, -0.25) is 14.7 Å². The molecule has 1 amide bonds. The molecule has 0 saturated carbocycles. The quantitative estimate of drug-likeness (QED) is 0.653. The Hall–Kier alpha value is -2.64. The van der Waals surface area contributed by atoms with Gasteiger partial charge in [-0.2, -0.15) is 0 Å². The van der Waals surface area contributed by atoms with Gasteiger partial charge in [0.1, 0.15) is 17.6 Å². The maximum Gasteiger partial charge on any atom is 0.255 e. The van der Waals surface area contributed by atoms with Crippen molar-refractivity contribution in [1.82, 2.24) is 15.2 Å². The van der Waals surface area contributed by atoms with E-state index in [-0.39, 0.29) is 12.0 Å². The number of piperidine rings is 1. The zero-order valence-corrected chi connectivity index (χ0v) is 17.1. The molecule has 156 valence electrons. The van der Waals surface area contributed by atoms with Gasteiger partial charge in [-0.05, 0) is 37.1 Å². The number of ether oxygens (including phenoxy) is 3. The SMILES string of the molecule is COCCNC(=O)c1ccc(OC)cc1OC1CCN(Cc2ccccn2)CC1. The number of carbonyl (C=O) groups excluding carboxylic acids is 1. The molecule has 7 nitrogen and oxygen atoms in total. The van der Waals surface area contributed by atoms with Gasteiger partial charge in [-0.15, -0.1) is 0 Å². The molecule has 7 heteroatoms. The fourth-order valence-corrected chi connectivity index (χ4v) is 3.36. The Balaban J connectivity index is 1.59. The van der Waals surface area contributed by atoms with Crippen LogP contribution in [0.3, 0.4) is 0 Å². The number of amides is 1. The van der Waals surface area contributed by atoms with Crippen LogP contribution in [0.4, 0.5) is 0 Å². The standard InChI is InChI=1S/C22H29N3O4/c1-27-14-11-24-22(26)20-7-6-19(28-2)15-21(20)29-18-8-12-25(13-9-18)16-17-5-3-4-10-23-17/h3-7,10,15,18H,8-9,11-14,16H2,1-2H3,(H,24,26). The molecule has 3 rings (SSSR count). The van der Waals surface area contributed by atoms with Gasteiger partial charge < -0.3 is 19.5 Å². The van der Waals surface area contributed by atoms with E-state index >= 15 is 0 Å². The molecule has 29 heavy (non-hydrogen) atoms. The Morgan fingerprint density at radius 1 is 1.21 bits per heavy atom. The second-order valence-electron chi connectivity index (χ2n) is 7.03. The molecular formula is C22H29N3O4. The lowest BCUT2D eigenvalue weighted by molar-refractivity contribution is 0.0878. The molecule has 0 bridgehead atoms. The first kappa shape index (κ1) is 21.1. The van der Waals surface area contributed by atoms with E-state index in [1.807, 2.05) is 24.4 Å². The van der Waals surface area contributed by atoms with Crippen molar-refractivity contribution in [3.63, 3.8) is 0 Å². The Kier molecular flexibility index (Phi) is 7.84. The average molecular weight is 399 g/mol. The number of pyridine rings is 1. The highest BCUT2D eigenvalue weighted by Gasteiger charge is 2.23. The summed E-state index contributed by atoms with van der Waals surface area (Å²) in [5.41, 5.74) is 1.59. The van der Waals surface area contributed by atoms with Gasteiger partial charge in [-0.25, -0.2) is 0 Å². The van der Waals surface area contributed by atoms with Crippen molar-refractivity contribution in [1.29, 1.82) is 0 Å². The molecule has 1 aliphatic heterocycles. The molecule has 1 N–H and O–H groups in total. The van der Waals surface area contributed by atoms with Crippen molar-refractivity contribution >= 4 is 5.91 Å². The minimum atomic E-state index is -0.174. The highest BCUT2D eigenvalue weighted by Crippen LogP contribution is 2.28. The average Bonchev–Trinajstić information content (AvgIpc) is 2.76. The highest BCUT2D eigenvalue weighted by molar-refractivity contribution is 5.97. The summed E-state index contributed by atoms with van der Waals surface area (Å²) in [4.78, 5) is 19.3. The summed E-state index contributed by atoms with van der Waals surface area (Å²) < 4.78 is 16.5. The van der Waals surface area contributed by atoms with E-state index in [0.29, 0.717) is 30.2 Å². The third-order valence-corrected chi connectivity index (χ3v) is 4.97. The van der Waals surface area contributed by atoms with Crippen LogP contribution in [0, 0.1) is 0 Å². The molecule has 2 aromatic rings. The number of aromatic nitrogens is 1. The van der Waals surface area contributed by atoms with E-state index in [0.717, 1.165) is 38.2 Å². The van der Waals surface area contributed by atoms with Gasteiger partial charge in [0, 0.05) is 45.6 Å². The Bertz CT molecular complexity index is 777. The van der Waals surface area contributed by atoms with Crippen molar-refractivity contribution in [3.8, 4) is 11.5 Å². The summed E-state index contributed by atoms with van der Waals surface area (Å²) in [6, 6.07) is 11.3. The lowest BCUT2D eigenvalue weighted by atomic mass is 10.1. The van der Waals surface area contributed by atoms with Crippen molar-refractivity contribution < 1.29 is 19.0 Å². The Morgan fingerprint density at radius 3 is 2.72 bits per heavy atom. The number of nitrogens with one attached hydrogen (secondary N) is 1. The van der Waals surface area contributed by atoms with Crippen LogP contribution >= 0.6 is 0 Å². The second-order valence-corrected chi connectivity index (χ2v) is 7.03. The van der Waals surface area contributed by atoms with E-state index in [9.17, 15) is 4.79 Å². The summed E-state index contributed by atoms with van der Waals surface area (Å²) in [7, 11) is 3.21. The Labute approximate surface area is 172 Å². The first-order chi connectivity index (χ1) is 14.2. The van der Waals surface area contributed by atoms with Crippen LogP contribution in [0.2, 0.25) is 0 Å². The van der Waals surface area contributed by atoms with Crippen LogP contribution in [-0.4, -0.2) is 62.4 Å². The third-order valence-electron chi connectivity index (χ3n) is 4.97. The largest absolute Gasteiger partial charge is 0.497 e. The monoisotopic (exact) mass is 399 g/mol. The van der Waals surface area contributed by atoms with Crippen LogP contribution in [0.15, 0.2) is 42.6 Å². The summed E-state index contributed by atoms with van der Waals surface area (Å²) in [6.07, 6.45) is 3.68. The lowest BCUT2D eigenvalue weighted by Gasteiger charge is -2.32. The summed E-state index contributed by atoms with van der Waals surface area (Å²) in [6.45, 7) is 3.63. The number of hydrogen-bond acceptors (Lipinski definition) is 6. The second kappa shape index (κ2) is 10.8. The minimum absolute atomic E-state index is 0.0626. The molecule has 1 aromatic carbocycles. The van der Waals surface area contributed by atoms with E-state index in [1.54, 1.807) is 32.4 Å². The maximum absolute atomic E-state index is 12.5. The van der Waals surface area contributed by atoms with Gasteiger partial charge in [0.2, 0.25) is 0 Å². The topological polar surface area (TPSA) is 72.9 Å².